The Balaban J connectivity index is 1.62. The van der Waals surface area contributed by atoms with Crippen LogP contribution in [0, 0.1) is 29.8 Å². The van der Waals surface area contributed by atoms with E-state index in [4.69, 9.17) is 18.0 Å². The summed E-state index contributed by atoms with van der Waals surface area (Å²) in [6.07, 6.45) is 5.18. The van der Waals surface area contributed by atoms with E-state index in [0.29, 0.717) is 11.3 Å². The fourth-order valence-electron chi connectivity index (χ4n) is 4.11. The van der Waals surface area contributed by atoms with Gasteiger partial charge in [0.15, 0.2) is 0 Å². The third kappa shape index (κ3) is 4.38. The molecule has 3 aromatic carbocycles. The van der Waals surface area contributed by atoms with Crippen molar-refractivity contribution in [2.75, 3.05) is 4.90 Å². The summed E-state index contributed by atoms with van der Waals surface area (Å²) >= 11 is 6.17. The number of carbonyl (C=O) groups excluding carboxylic acids is 2. The Labute approximate surface area is 205 Å². The summed E-state index contributed by atoms with van der Waals surface area (Å²) < 4.78 is 42.8. The van der Waals surface area contributed by atoms with Gasteiger partial charge in [0.1, 0.15) is 17.5 Å². The zero-order chi connectivity index (χ0) is 25.5. The number of amides is 2. The van der Waals surface area contributed by atoms with E-state index < -0.39 is 35.3 Å². The Hall–Kier alpha value is -3.76. The van der Waals surface area contributed by atoms with Gasteiger partial charge in [0.05, 0.1) is 12.0 Å². The lowest BCUT2D eigenvalue weighted by Crippen LogP contribution is -2.36. The van der Waals surface area contributed by atoms with E-state index in [1.807, 2.05) is 0 Å². The van der Waals surface area contributed by atoms with E-state index in [-0.39, 0.29) is 39.7 Å². The predicted octanol–water partition coefficient (Wildman–Crippen LogP) is 5.49. The van der Waals surface area contributed by atoms with Gasteiger partial charge in [-0.1, -0.05) is 29.7 Å². The number of nitrogens with one attached hydrogen (secondary N) is 1. The minimum atomic E-state index is -0.910. The van der Waals surface area contributed by atoms with Crippen LogP contribution in [0.1, 0.15) is 46.5 Å². The van der Waals surface area contributed by atoms with E-state index >= 15 is 0 Å². The number of carbonyl (C=O) groups is 2. The molecule has 0 aromatic heterocycles. The van der Waals surface area contributed by atoms with Crippen LogP contribution in [0.5, 0.6) is 0 Å². The molecule has 0 aliphatic carbocycles. The van der Waals surface area contributed by atoms with Crippen LogP contribution in [-0.4, -0.2) is 11.8 Å². The summed E-state index contributed by atoms with van der Waals surface area (Å²) in [7, 11) is 0. The molecule has 1 heterocycles. The lowest BCUT2D eigenvalue weighted by Gasteiger charge is -2.21. The van der Waals surface area contributed by atoms with E-state index in [1.54, 1.807) is 19.9 Å². The van der Waals surface area contributed by atoms with Crippen molar-refractivity contribution >= 4 is 29.1 Å². The lowest BCUT2D eigenvalue weighted by molar-refractivity contribution is -0.122. The number of hydrogen-bond acceptors (Lipinski definition) is 2. The number of rotatable bonds is 5. The molecule has 3 aromatic rings. The van der Waals surface area contributed by atoms with Crippen LogP contribution in [0.4, 0.5) is 18.9 Å². The van der Waals surface area contributed by atoms with Crippen LogP contribution in [0.25, 0.3) is 0 Å². The molecule has 0 unspecified atom stereocenters. The van der Waals surface area contributed by atoms with Gasteiger partial charge in [0.2, 0.25) is 5.91 Å². The van der Waals surface area contributed by atoms with Crippen molar-refractivity contribution < 1.29 is 22.8 Å². The highest BCUT2D eigenvalue weighted by Gasteiger charge is 2.44. The molecule has 0 bridgehead atoms. The van der Waals surface area contributed by atoms with Crippen LogP contribution in [0.2, 0.25) is 5.02 Å². The molecule has 4 nitrogen and oxygen atoms in total. The Morgan fingerprint density at radius 2 is 1.74 bits per heavy atom. The van der Waals surface area contributed by atoms with E-state index in [1.165, 1.54) is 35.2 Å². The van der Waals surface area contributed by atoms with Crippen LogP contribution < -0.4 is 10.2 Å². The molecule has 1 N–H and O–H groups in total. The predicted molar refractivity (Wildman–Crippen MR) is 128 cm³/mol. The molecule has 2 amide bonds. The summed E-state index contributed by atoms with van der Waals surface area (Å²) in [6, 6.07) is 11.0. The molecule has 178 valence electrons. The molecular weight excluding hydrogens is 477 g/mol. The molecule has 0 saturated carbocycles. The molecule has 8 heteroatoms. The first-order chi connectivity index (χ1) is 16.5. The van der Waals surface area contributed by atoms with Crippen molar-refractivity contribution in [1.29, 1.82) is 0 Å². The maximum Gasteiger partial charge on any atom is 0.251 e. The molecule has 0 fully saturated rings. The van der Waals surface area contributed by atoms with E-state index in [0.717, 1.165) is 12.1 Å². The third-order valence-corrected chi connectivity index (χ3v) is 6.47. The molecule has 0 saturated heterocycles. The number of benzene rings is 3. The molecule has 1 aliphatic heterocycles. The molecule has 0 atom stereocenters. The number of hydrogen-bond donors (Lipinski definition) is 1. The number of nitrogens with zero attached hydrogens (tertiary/aromatic N) is 1. The quantitative estimate of drug-likeness (QED) is 0.475. The van der Waals surface area contributed by atoms with Gasteiger partial charge in [0, 0.05) is 39.5 Å². The molecule has 0 radical (unpaired) electrons. The smallest absolute Gasteiger partial charge is 0.251 e. The van der Waals surface area contributed by atoms with Gasteiger partial charge in [-0.05, 0) is 55.8 Å². The standard InChI is InChI=1S/C27H20ClF3N2O2/c1-4-15-10-22(30)17(23(31)11-15)13-32-25(34)16-8-9-19-24(12-16)33(26(35)27(19,2)3)14-18-20(28)6-5-7-21(18)29/h1,5-12H,13-14H2,2-3H3,(H,32,34). The molecule has 0 spiro atoms. The summed E-state index contributed by atoms with van der Waals surface area (Å²) in [5, 5.41) is 2.66. The monoisotopic (exact) mass is 496 g/mol. The number of halogens is 4. The second-order valence-electron chi connectivity index (χ2n) is 8.69. The minimum Gasteiger partial charge on any atom is -0.348 e. The average molecular weight is 497 g/mol. The van der Waals surface area contributed by atoms with Crippen LogP contribution in [0.15, 0.2) is 48.5 Å². The van der Waals surface area contributed by atoms with Gasteiger partial charge >= 0.3 is 0 Å². The maximum atomic E-state index is 14.4. The molecule has 4 rings (SSSR count). The normalized spacial score (nSPS) is 14.0. The summed E-state index contributed by atoms with van der Waals surface area (Å²) in [5.41, 5.74) is 0.229. The lowest BCUT2D eigenvalue weighted by atomic mass is 9.86. The first-order valence-corrected chi connectivity index (χ1v) is 11.0. The Kier molecular flexibility index (Phi) is 6.35. The number of terminal acetylenes is 1. The van der Waals surface area contributed by atoms with Gasteiger partial charge in [0.25, 0.3) is 5.91 Å². The van der Waals surface area contributed by atoms with Crippen molar-refractivity contribution in [1.82, 2.24) is 5.32 Å². The zero-order valence-electron chi connectivity index (χ0n) is 18.9. The van der Waals surface area contributed by atoms with Gasteiger partial charge in [-0.15, -0.1) is 6.42 Å². The van der Waals surface area contributed by atoms with Crippen molar-refractivity contribution in [3.8, 4) is 12.3 Å². The van der Waals surface area contributed by atoms with Gasteiger partial charge < -0.3 is 10.2 Å². The average Bonchev–Trinajstić information content (AvgIpc) is 3.00. The third-order valence-electron chi connectivity index (χ3n) is 6.12. The second kappa shape index (κ2) is 9.12. The van der Waals surface area contributed by atoms with E-state index in [2.05, 4.69) is 11.2 Å². The highest BCUT2D eigenvalue weighted by atomic mass is 35.5. The SMILES string of the molecule is C#Cc1cc(F)c(CNC(=O)c2ccc3c(c2)N(Cc2c(F)cccc2Cl)C(=O)C3(C)C)c(F)c1. The van der Waals surface area contributed by atoms with Gasteiger partial charge in [-0.3, -0.25) is 9.59 Å². The number of anilines is 1. The first kappa shape index (κ1) is 24.4. The summed E-state index contributed by atoms with van der Waals surface area (Å²) in [5.74, 6) is -1.01. The second-order valence-corrected chi connectivity index (χ2v) is 9.10. The largest absolute Gasteiger partial charge is 0.348 e. The van der Waals surface area contributed by atoms with E-state index in [9.17, 15) is 22.8 Å². The topological polar surface area (TPSA) is 49.4 Å². The highest BCUT2D eigenvalue weighted by molar-refractivity contribution is 6.31. The molecular formula is C27H20ClF3N2O2. The summed E-state index contributed by atoms with van der Waals surface area (Å²) in [4.78, 5) is 27.4. The molecule has 35 heavy (non-hydrogen) atoms. The van der Waals surface area contributed by atoms with Crippen LogP contribution >= 0.6 is 11.6 Å². The van der Waals surface area contributed by atoms with Crippen molar-refractivity contribution in [3.63, 3.8) is 0 Å². The highest BCUT2D eigenvalue weighted by Crippen LogP contribution is 2.43. The van der Waals surface area contributed by atoms with Crippen molar-refractivity contribution in [2.45, 2.75) is 32.4 Å². The fraction of sp³-hybridized carbons (Fsp3) is 0.185. The minimum absolute atomic E-state index is 0.0519. The van der Waals surface area contributed by atoms with Crippen molar-refractivity contribution in [3.05, 3.63) is 98.8 Å². The Morgan fingerprint density at radius 1 is 1.06 bits per heavy atom. The number of fused-ring (bicyclic) bond motifs is 1. The van der Waals surface area contributed by atoms with Crippen LogP contribution in [-0.2, 0) is 23.3 Å². The first-order valence-electron chi connectivity index (χ1n) is 10.7. The van der Waals surface area contributed by atoms with Crippen LogP contribution in [0.3, 0.4) is 0 Å². The Morgan fingerprint density at radius 3 is 2.37 bits per heavy atom. The zero-order valence-corrected chi connectivity index (χ0v) is 19.6. The van der Waals surface area contributed by atoms with Gasteiger partial charge in [-0.25, -0.2) is 13.2 Å². The maximum absolute atomic E-state index is 14.4. The Bertz CT molecular complexity index is 1370. The van der Waals surface area contributed by atoms with Gasteiger partial charge in [-0.2, -0.15) is 0 Å². The fourth-order valence-corrected chi connectivity index (χ4v) is 4.33. The van der Waals surface area contributed by atoms with Crippen molar-refractivity contribution in [2.24, 2.45) is 0 Å². The summed E-state index contributed by atoms with van der Waals surface area (Å²) in [6.45, 7) is 2.95. The molecule has 1 aliphatic rings.